The minimum atomic E-state index is 0.333. The van der Waals surface area contributed by atoms with Gasteiger partial charge in [-0.1, -0.05) is 45.4 Å². The van der Waals surface area contributed by atoms with Crippen LogP contribution in [0.15, 0.2) is 6.33 Å². The number of fused-ring (bicyclic) bond motifs is 1. The average Bonchev–Trinajstić information content (AvgIpc) is 3.63. The van der Waals surface area contributed by atoms with E-state index < -0.39 is 0 Å². The summed E-state index contributed by atoms with van der Waals surface area (Å²) in [6.45, 7) is 6.16. The van der Waals surface area contributed by atoms with Gasteiger partial charge in [0.25, 0.3) is 0 Å². The van der Waals surface area contributed by atoms with E-state index in [-0.39, 0.29) is 0 Å². The fourth-order valence-electron chi connectivity index (χ4n) is 6.60. The monoisotopic (exact) mass is 540 g/mol. The van der Waals surface area contributed by atoms with Gasteiger partial charge in [0.15, 0.2) is 17.0 Å². The second-order valence-corrected chi connectivity index (χ2v) is 12.3. The van der Waals surface area contributed by atoms with Gasteiger partial charge in [-0.3, -0.25) is 0 Å². The number of piperidine rings is 1. The molecular weight excluding hydrogens is 488 g/mol. The number of ether oxygens (including phenoxy) is 1. The number of nitrogens with one attached hydrogen (secondary N) is 2. The highest BCUT2D eigenvalue weighted by atomic mass is 16.5. The first kappa shape index (κ1) is 28.6. The van der Waals surface area contributed by atoms with Gasteiger partial charge in [-0.2, -0.15) is 9.97 Å². The Kier molecular flexibility index (Phi) is 10.7. The van der Waals surface area contributed by atoms with Crippen LogP contribution in [0.4, 0.5) is 11.8 Å². The van der Waals surface area contributed by atoms with Crippen molar-refractivity contribution >= 4 is 22.9 Å². The Balaban J connectivity index is 1.16. The second kappa shape index (κ2) is 14.6. The summed E-state index contributed by atoms with van der Waals surface area (Å²) < 4.78 is 8.02. The Bertz CT molecular complexity index is 990. The third kappa shape index (κ3) is 8.04. The van der Waals surface area contributed by atoms with Crippen molar-refractivity contribution in [3.8, 4) is 0 Å². The van der Waals surface area contributed by atoms with Crippen LogP contribution in [0, 0.1) is 5.92 Å². The minimum Gasteiger partial charge on any atom is -0.381 e. The molecule has 0 bridgehead atoms. The lowest BCUT2D eigenvalue weighted by atomic mass is 9.92. The number of nitrogens with zero attached hydrogens (tertiary/aromatic N) is 5. The van der Waals surface area contributed by atoms with Crippen molar-refractivity contribution in [3.05, 3.63) is 6.33 Å². The van der Waals surface area contributed by atoms with E-state index in [0.29, 0.717) is 18.1 Å². The fraction of sp³-hybridized carbons (Fsp3) is 0.833. The summed E-state index contributed by atoms with van der Waals surface area (Å²) in [5.74, 6) is 2.39. The zero-order chi connectivity index (χ0) is 26.9. The molecule has 2 saturated carbocycles. The molecule has 39 heavy (non-hydrogen) atoms. The molecule has 0 amide bonds. The number of hydrogen-bond acceptors (Lipinski definition) is 8. The molecule has 3 fully saturated rings. The average molecular weight is 541 g/mol. The van der Waals surface area contributed by atoms with Crippen molar-refractivity contribution in [3.63, 3.8) is 0 Å². The summed E-state index contributed by atoms with van der Waals surface area (Å²) >= 11 is 0. The molecule has 4 N–H and O–H groups in total. The van der Waals surface area contributed by atoms with Crippen molar-refractivity contribution in [1.29, 1.82) is 0 Å². The van der Waals surface area contributed by atoms with Crippen LogP contribution < -0.4 is 16.5 Å². The van der Waals surface area contributed by atoms with E-state index in [2.05, 4.69) is 27.2 Å². The molecule has 3 heterocycles. The van der Waals surface area contributed by atoms with Crippen molar-refractivity contribution in [2.24, 2.45) is 11.7 Å². The Hall–Kier alpha value is -1.97. The molecule has 218 valence electrons. The van der Waals surface area contributed by atoms with Gasteiger partial charge in [0, 0.05) is 44.4 Å². The van der Waals surface area contributed by atoms with Crippen LogP contribution in [0.5, 0.6) is 0 Å². The van der Waals surface area contributed by atoms with Gasteiger partial charge >= 0.3 is 0 Å². The SMILES string of the molecule is CCCCOCCCCCC1CCN(Nc2nc(N[C@H]3CC[C@H](N)CC3)nc3c2ncn3C2CCCC2)CC1. The molecule has 0 radical (unpaired) electrons. The van der Waals surface area contributed by atoms with Crippen molar-refractivity contribution in [2.45, 2.75) is 128 Å². The lowest BCUT2D eigenvalue weighted by Gasteiger charge is -2.32. The number of hydrogen-bond donors (Lipinski definition) is 3. The molecule has 5 rings (SSSR count). The van der Waals surface area contributed by atoms with Crippen molar-refractivity contribution in [1.82, 2.24) is 24.5 Å². The van der Waals surface area contributed by atoms with Crippen LogP contribution in [0.25, 0.3) is 11.2 Å². The molecule has 9 heteroatoms. The molecule has 2 aromatic rings. The summed E-state index contributed by atoms with van der Waals surface area (Å²) in [6.07, 6.45) is 21.3. The third-order valence-corrected chi connectivity index (χ3v) is 9.17. The molecule has 3 aliphatic rings. The highest BCUT2D eigenvalue weighted by Crippen LogP contribution is 2.34. The topological polar surface area (TPSA) is 106 Å². The van der Waals surface area contributed by atoms with Crippen LogP contribution in [-0.4, -0.2) is 62.9 Å². The van der Waals surface area contributed by atoms with Crippen molar-refractivity contribution < 1.29 is 4.74 Å². The van der Waals surface area contributed by atoms with Crippen LogP contribution >= 0.6 is 0 Å². The van der Waals surface area contributed by atoms with Gasteiger partial charge in [-0.05, 0) is 70.1 Å². The standard InChI is InChI=1S/C30H52N8O/c1-2-3-20-39-21-8-4-5-9-23-16-18-37(19-17-23)36-28-27-29(38(22-32-27)26-10-6-7-11-26)35-30(34-28)33-25-14-12-24(31)13-15-25/h22-26H,2-21,31H2,1H3,(H2,33,34,35,36)/t24-,25-. The fourth-order valence-corrected chi connectivity index (χ4v) is 6.60. The van der Waals surface area contributed by atoms with E-state index >= 15 is 0 Å². The predicted octanol–water partition coefficient (Wildman–Crippen LogP) is 6.04. The Morgan fingerprint density at radius 1 is 0.923 bits per heavy atom. The number of unbranched alkanes of at least 4 members (excludes halogenated alkanes) is 3. The second-order valence-electron chi connectivity index (χ2n) is 12.3. The van der Waals surface area contributed by atoms with Crippen LogP contribution in [0.3, 0.4) is 0 Å². The first-order valence-electron chi connectivity index (χ1n) is 16.1. The molecule has 2 aromatic heterocycles. The number of anilines is 2. The quantitative estimate of drug-likeness (QED) is 0.249. The third-order valence-electron chi connectivity index (χ3n) is 9.17. The molecule has 0 spiro atoms. The molecule has 1 saturated heterocycles. The highest BCUT2D eigenvalue weighted by Gasteiger charge is 2.25. The minimum absolute atomic E-state index is 0.333. The van der Waals surface area contributed by atoms with Crippen LogP contribution in [0.2, 0.25) is 0 Å². The largest absolute Gasteiger partial charge is 0.381 e. The maximum absolute atomic E-state index is 6.15. The summed E-state index contributed by atoms with van der Waals surface area (Å²) in [6, 6.07) is 1.22. The highest BCUT2D eigenvalue weighted by molar-refractivity contribution is 5.84. The molecule has 9 nitrogen and oxygen atoms in total. The summed E-state index contributed by atoms with van der Waals surface area (Å²) in [4.78, 5) is 14.8. The number of imidazole rings is 1. The van der Waals surface area contributed by atoms with Gasteiger partial charge in [-0.15, -0.1) is 0 Å². The van der Waals surface area contributed by atoms with E-state index in [1.54, 1.807) is 0 Å². The van der Waals surface area contributed by atoms with Gasteiger partial charge in [0.1, 0.15) is 0 Å². The Morgan fingerprint density at radius 2 is 1.69 bits per heavy atom. The predicted molar refractivity (Wildman–Crippen MR) is 159 cm³/mol. The maximum atomic E-state index is 6.15. The first-order valence-corrected chi connectivity index (χ1v) is 16.1. The molecular formula is C30H52N8O. The van der Waals surface area contributed by atoms with Gasteiger partial charge in [0.05, 0.1) is 6.33 Å². The molecule has 0 aromatic carbocycles. The Morgan fingerprint density at radius 3 is 2.46 bits per heavy atom. The van der Waals surface area contributed by atoms with Gasteiger partial charge in [0.2, 0.25) is 5.95 Å². The van der Waals surface area contributed by atoms with Gasteiger partial charge < -0.3 is 25.8 Å². The smallest absolute Gasteiger partial charge is 0.227 e. The summed E-state index contributed by atoms with van der Waals surface area (Å²) in [5, 5.41) is 5.99. The van der Waals surface area contributed by atoms with E-state index in [0.717, 1.165) is 80.8 Å². The summed E-state index contributed by atoms with van der Waals surface area (Å²) in [7, 11) is 0. The van der Waals surface area contributed by atoms with Crippen molar-refractivity contribution in [2.75, 3.05) is 37.0 Å². The number of nitrogens with two attached hydrogens (primary N) is 1. The van der Waals surface area contributed by atoms with E-state index in [1.807, 2.05) is 6.33 Å². The summed E-state index contributed by atoms with van der Waals surface area (Å²) in [5.41, 5.74) is 11.7. The zero-order valence-corrected chi connectivity index (χ0v) is 24.3. The van der Waals surface area contributed by atoms with E-state index in [1.165, 1.54) is 77.0 Å². The normalized spacial score (nSPS) is 23.5. The van der Waals surface area contributed by atoms with Crippen LogP contribution in [-0.2, 0) is 4.74 Å². The molecule has 0 atom stereocenters. The lowest BCUT2D eigenvalue weighted by molar-refractivity contribution is 0.126. The number of hydrazine groups is 1. The van der Waals surface area contributed by atoms with Gasteiger partial charge in [-0.25, -0.2) is 9.99 Å². The van der Waals surface area contributed by atoms with E-state index in [4.69, 9.17) is 25.4 Å². The maximum Gasteiger partial charge on any atom is 0.227 e. The molecule has 2 aliphatic carbocycles. The van der Waals surface area contributed by atoms with E-state index in [9.17, 15) is 0 Å². The number of aromatic nitrogens is 4. The van der Waals surface area contributed by atoms with Crippen LogP contribution in [0.1, 0.15) is 116 Å². The molecule has 1 aliphatic heterocycles. The molecule has 0 unspecified atom stereocenters. The Labute approximate surface area is 235 Å². The lowest BCUT2D eigenvalue weighted by Crippen LogP contribution is -2.38. The zero-order valence-electron chi connectivity index (χ0n) is 24.3. The number of rotatable bonds is 14. The first-order chi connectivity index (χ1) is 19.2.